The van der Waals surface area contributed by atoms with Crippen LogP contribution in [0.15, 0.2) is 36.5 Å². The third kappa shape index (κ3) is 5.12. The molecule has 0 bridgehead atoms. The predicted octanol–water partition coefficient (Wildman–Crippen LogP) is 1.27. The Balaban J connectivity index is 1.49. The molecule has 1 amide bonds. The Hall–Kier alpha value is -2.25. The number of benzene rings is 1. The SMILES string of the molecule is O=C(NCCO)c1cn([C@H]2CCCN(CCCc3ccccc3)C2)nn1. The largest absolute Gasteiger partial charge is 0.395 e. The molecule has 140 valence electrons. The lowest BCUT2D eigenvalue weighted by atomic mass is 10.0. The van der Waals surface area contributed by atoms with Crippen LogP contribution in [0.25, 0.3) is 0 Å². The van der Waals surface area contributed by atoms with E-state index in [1.807, 2.05) is 4.68 Å². The van der Waals surface area contributed by atoms with Gasteiger partial charge in [-0.2, -0.15) is 0 Å². The van der Waals surface area contributed by atoms with Crippen molar-refractivity contribution in [1.82, 2.24) is 25.2 Å². The van der Waals surface area contributed by atoms with Crippen LogP contribution in [-0.4, -0.2) is 63.7 Å². The van der Waals surface area contributed by atoms with Gasteiger partial charge in [0.15, 0.2) is 5.69 Å². The maximum Gasteiger partial charge on any atom is 0.273 e. The van der Waals surface area contributed by atoms with Crippen LogP contribution < -0.4 is 5.32 Å². The Morgan fingerprint density at radius 1 is 1.31 bits per heavy atom. The number of likely N-dealkylation sites (tertiary alicyclic amines) is 1. The lowest BCUT2D eigenvalue weighted by Gasteiger charge is -2.32. The van der Waals surface area contributed by atoms with Gasteiger partial charge in [0.1, 0.15) is 0 Å². The van der Waals surface area contributed by atoms with Crippen LogP contribution in [0.3, 0.4) is 0 Å². The fraction of sp³-hybridized carbons (Fsp3) is 0.526. The number of piperidine rings is 1. The van der Waals surface area contributed by atoms with Gasteiger partial charge in [-0.1, -0.05) is 35.5 Å². The van der Waals surface area contributed by atoms with Crippen molar-refractivity contribution in [2.75, 3.05) is 32.8 Å². The number of amides is 1. The number of carbonyl (C=O) groups is 1. The molecule has 2 aromatic rings. The summed E-state index contributed by atoms with van der Waals surface area (Å²) < 4.78 is 1.82. The molecule has 7 heteroatoms. The van der Waals surface area contributed by atoms with E-state index in [2.05, 4.69) is 50.9 Å². The zero-order valence-electron chi connectivity index (χ0n) is 15.0. The lowest BCUT2D eigenvalue weighted by Crippen LogP contribution is -2.37. The minimum atomic E-state index is -0.291. The van der Waals surface area contributed by atoms with E-state index in [9.17, 15) is 4.79 Å². The number of hydrogen-bond donors (Lipinski definition) is 2. The first-order valence-corrected chi connectivity index (χ1v) is 9.33. The topological polar surface area (TPSA) is 83.3 Å². The number of aliphatic hydroxyl groups is 1. The van der Waals surface area contributed by atoms with Crippen molar-refractivity contribution in [1.29, 1.82) is 0 Å². The van der Waals surface area contributed by atoms with Crippen molar-refractivity contribution in [2.24, 2.45) is 0 Å². The first-order valence-electron chi connectivity index (χ1n) is 9.33. The van der Waals surface area contributed by atoms with Crippen LogP contribution in [0, 0.1) is 0 Å². The summed E-state index contributed by atoms with van der Waals surface area (Å²) in [5, 5.41) is 19.5. The molecule has 0 saturated carbocycles. The van der Waals surface area contributed by atoms with E-state index >= 15 is 0 Å². The highest BCUT2D eigenvalue weighted by Crippen LogP contribution is 2.21. The van der Waals surface area contributed by atoms with E-state index < -0.39 is 0 Å². The fourth-order valence-corrected chi connectivity index (χ4v) is 3.42. The quantitative estimate of drug-likeness (QED) is 0.743. The molecule has 1 atom stereocenters. The van der Waals surface area contributed by atoms with Crippen molar-refractivity contribution >= 4 is 5.91 Å². The van der Waals surface area contributed by atoms with Gasteiger partial charge in [-0.3, -0.25) is 4.79 Å². The highest BCUT2D eigenvalue weighted by Gasteiger charge is 2.23. The van der Waals surface area contributed by atoms with Gasteiger partial charge in [0.25, 0.3) is 5.91 Å². The maximum absolute atomic E-state index is 11.9. The van der Waals surface area contributed by atoms with Crippen molar-refractivity contribution < 1.29 is 9.90 Å². The molecule has 1 aromatic heterocycles. The number of nitrogens with zero attached hydrogens (tertiary/aromatic N) is 4. The summed E-state index contributed by atoms with van der Waals surface area (Å²) >= 11 is 0. The first-order chi connectivity index (χ1) is 12.8. The minimum absolute atomic E-state index is 0.0829. The summed E-state index contributed by atoms with van der Waals surface area (Å²) in [4.78, 5) is 14.4. The zero-order chi connectivity index (χ0) is 18.2. The van der Waals surface area contributed by atoms with Crippen LogP contribution in [0.2, 0.25) is 0 Å². The van der Waals surface area contributed by atoms with E-state index in [1.165, 1.54) is 5.56 Å². The smallest absolute Gasteiger partial charge is 0.273 e. The second-order valence-electron chi connectivity index (χ2n) is 6.75. The predicted molar refractivity (Wildman–Crippen MR) is 98.9 cm³/mol. The summed E-state index contributed by atoms with van der Waals surface area (Å²) in [5.74, 6) is -0.291. The lowest BCUT2D eigenvalue weighted by molar-refractivity contribution is 0.0939. The molecule has 0 aliphatic carbocycles. The second-order valence-corrected chi connectivity index (χ2v) is 6.75. The molecule has 1 aliphatic rings. The zero-order valence-corrected chi connectivity index (χ0v) is 15.0. The van der Waals surface area contributed by atoms with Gasteiger partial charge in [0.2, 0.25) is 0 Å². The number of rotatable bonds is 8. The fourth-order valence-electron chi connectivity index (χ4n) is 3.42. The van der Waals surface area contributed by atoms with Gasteiger partial charge in [-0.15, -0.1) is 5.10 Å². The number of aromatic nitrogens is 3. The van der Waals surface area contributed by atoms with Crippen molar-refractivity contribution in [2.45, 2.75) is 31.7 Å². The summed E-state index contributed by atoms with van der Waals surface area (Å²) in [6.07, 6.45) is 6.13. The van der Waals surface area contributed by atoms with Gasteiger partial charge < -0.3 is 15.3 Å². The van der Waals surface area contributed by atoms with Gasteiger partial charge in [-0.25, -0.2) is 4.68 Å². The summed E-state index contributed by atoms with van der Waals surface area (Å²) in [7, 11) is 0. The molecule has 0 unspecified atom stereocenters. The molecule has 0 spiro atoms. The molecule has 1 saturated heterocycles. The van der Waals surface area contributed by atoms with E-state index in [0.717, 1.165) is 45.3 Å². The minimum Gasteiger partial charge on any atom is -0.395 e. The Bertz CT molecular complexity index is 688. The molecule has 7 nitrogen and oxygen atoms in total. The van der Waals surface area contributed by atoms with E-state index in [-0.39, 0.29) is 25.1 Å². The van der Waals surface area contributed by atoms with Crippen LogP contribution >= 0.6 is 0 Å². The van der Waals surface area contributed by atoms with E-state index in [4.69, 9.17) is 5.11 Å². The van der Waals surface area contributed by atoms with E-state index in [1.54, 1.807) is 6.20 Å². The van der Waals surface area contributed by atoms with E-state index in [0.29, 0.717) is 5.69 Å². The van der Waals surface area contributed by atoms with Crippen LogP contribution in [0.4, 0.5) is 0 Å². The summed E-state index contributed by atoms with van der Waals surface area (Å²) in [6.45, 7) is 3.27. The van der Waals surface area contributed by atoms with Gasteiger partial charge in [-0.05, 0) is 44.3 Å². The molecule has 3 rings (SSSR count). The summed E-state index contributed by atoms with van der Waals surface area (Å²) in [6, 6.07) is 10.8. The van der Waals surface area contributed by atoms with Gasteiger partial charge >= 0.3 is 0 Å². The Morgan fingerprint density at radius 3 is 2.96 bits per heavy atom. The first kappa shape index (κ1) is 18.5. The van der Waals surface area contributed by atoms with Crippen LogP contribution in [0.5, 0.6) is 0 Å². The molecule has 1 aromatic carbocycles. The van der Waals surface area contributed by atoms with Crippen LogP contribution in [-0.2, 0) is 6.42 Å². The number of hydrogen-bond acceptors (Lipinski definition) is 5. The highest BCUT2D eigenvalue weighted by atomic mass is 16.3. The van der Waals surface area contributed by atoms with Crippen LogP contribution in [0.1, 0.15) is 41.4 Å². The highest BCUT2D eigenvalue weighted by molar-refractivity contribution is 5.91. The molecule has 1 fully saturated rings. The molecular weight excluding hydrogens is 330 g/mol. The van der Waals surface area contributed by atoms with Gasteiger partial charge in [0, 0.05) is 13.1 Å². The third-order valence-electron chi connectivity index (χ3n) is 4.78. The molecule has 26 heavy (non-hydrogen) atoms. The standard InChI is InChI=1S/C19H27N5O2/c25-13-10-20-19(26)18-15-24(22-21-18)17-9-5-12-23(14-17)11-4-8-16-6-2-1-3-7-16/h1-3,6-7,15,17,25H,4-5,8-14H2,(H,20,26)/t17-/m0/s1. The number of aryl methyl sites for hydroxylation is 1. The summed E-state index contributed by atoms with van der Waals surface area (Å²) in [5.41, 5.74) is 1.69. The number of nitrogens with one attached hydrogen (secondary N) is 1. The second kappa shape index (κ2) is 9.45. The Kier molecular flexibility index (Phi) is 6.74. The molecule has 2 N–H and O–H groups in total. The monoisotopic (exact) mass is 357 g/mol. The average molecular weight is 357 g/mol. The molecule has 0 radical (unpaired) electrons. The van der Waals surface area contributed by atoms with Crippen molar-refractivity contribution in [3.63, 3.8) is 0 Å². The normalized spacial score (nSPS) is 18.0. The average Bonchev–Trinajstić information content (AvgIpc) is 3.18. The number of carbonyl (C=O) groups excluding carboxylic acids is 1. The molecule has 1 aliphatic heterocycles. The van der Waals surface area contributed by atoms with Crippen molar-refractivity contribution in [3.05, 3.63) is 47.8 Å². The number of aliphatic hydroxyl groups excluding tert-OH is 1. The molecule has 2 heterocycles. The van der Waals surface area contributed by atoms with Gasteiger partial charge in [0.05, 0.1) is 18.8 Å². The Labute approximate surface area is 154 Å². The third-order valence-corrected chi connectivity index (χ3v) is 4.78. The maximum atomic E-state index is 11.9. The Morgan fingerprint density at radius 2 is 2.15 bits per heavy atom. The van der Waals surface area contributed by atoms with Crippen molar-refractivity contribution in [3.8, 4) is 0 Å². The molecular formula is C19H27N5O2.